The van der Waals surface area contributed by atoms with Crippen LogP contribution in [0.25, 0.3) is 0 Å². The Balaban J connectivity index is 2.83. The maximum absolute atomic E-state index is 11.8. The van der Waals surface area contributed by atoms with Gasteiger partial charge in [0, 0.05) is 26.1 Å². The highest BCUT2D eigenvalue weighted by Gasteiger charge is 2.12. The number of carbonyl (C=O) groups is 2. The van der Waals surface area contributed by atoms with E-state index >= 15 is 0 Å². The summed E-state index contributed by atoms with van der Waals surface area (Å²) in [5, 5.41) is 8.74. The minimum atomic E-state index is -0.432. The second kappa shape index (κ2) is 6.00. The van der Waals surface area contributed by atoms with Crippen molar-refractivity contribution in [1.29, 1.82) is 0 Å². The van der Waals surface area contributed by atoms with Crippen molar-refractivity contribution in [3.05, 3.63) is 29.8 Å². The summed E-state index contributed by atoms with van der Waals surface area (Å²) in [7, 11) is 1.59. The molecule has 1 amide bonds. The fourth-order valence-corrected chi connectivity index (χ4v) is 1.33. The lowest BCUT2D eigenvalue weighted by Crippen LogP contribution is -2.29. The van der Waals surface area contributed by atoms with Crippen molar-refractivity contribution >= 4 is 11.9 Å². The van der Waals surface area contributed by atoms with Gasteiger partial charge in [0.2, 0.25) is 0 Å². The summed E-state index contributed by atoms with van der Waals surface area (Å²) in [4.78, 5) is 24.0. The van der Waals surface area contributed by atoms with Crippen LogP contribution in [0.5, 0.6) is 5.75 Å². The van der Waals surface area contributed by atoms with Crippen LogP contribution in [0.15, 0.2) is 24.3 Å². The summed E-state index contributed by atoms with van der Waals surface area (Å²) in [6.07, 6.45) is 0. The summed E-state index contributed by atoms with van der Waals surface area (Å²) in [6.45, 7) is 1.47. The van der Waals surface area contributed by atoms with Gasteiger partial charge in [0.05, 0.1) is 6.61 Å². The van der Waals surface area contributed by atoms with Gasteiger partial charge in [-0.3, -0.25) is 9.59 Å². The first-order chi connectivity index (χ1) is 8.04. The lowest BCUT2D eigenvalue weighted by atomic mass is 10.2. The number of likely N-dealkylation sites (N-methyl/N-ethyl adjacent to an activating group) is 1. The van der Waals surface area contributed by atoms with Crippen molar-refractivity contribution in [3.63, 3.8) is 0 Å². The van der Waals surface area contributed by atoms with Gasteiger partial charge < -0.3 is 14.7 Å². The number of ether oxygens (including phenoxy) is 1. The molecular formula is C12H15NO4. The molecule has 1 aromatic rings. The van der Waals surface area contributed by atoms with E-state index in [9.17, 15) is 9.59 Å². The molecule has 0 unspecified atom stereocenters. The molecule has 5 nitrogen and oxygen atoms in total. The molecule has 0 aliphatic heterocycles. The number of aliphatic hydroxyl groups is 1. The molecule has 1 rings (SSSR count). The molecule has 1 aromatic carbocycles. The third-order valence-electron chi connectivity index (χ3n) is 2.12. The Morgan fingerprint density at radius 1 is 1.41 bits per heavy atom. The molecule has 0 heterocycles. The topological polar surface area (TPSA) is 66.8 Å². The first kappa shape index (κ1) is 13.2. The minimum Gasteiger partial charge on any atom is -0.427 e. The van der Waals surface area contributed by atoms with E-state index in [0.29, 0.717) is 11.3 Å². The number of rotatable bonds is 4. The highest BCUT2D eigenvalue weighted by molar-refractivity contribution is 5.94. The maximum atomic E-state index is 11.8. The molecule has 1 N–H and O–H groups in total. The average Bonchev–Trinajstić information content (AvgIpc) is 2.28. The number of benzene rings is 1. The Morgan fingerprint density at radius 2 is 2.12 bits per heavy atom. The number of nitrogens with zero attached hydrogens (tertiary/aromatic N) is 1. The van der Waals surface area contributed by atoms with E-state index in [4.69, 9.17) is 9.84 Å². The summed E-state index contributed by atoms with van der Waals surface area (Å²) in [5.41, 5.74) is 0.416. The van der Waals surface area contributed by atoms with Gasteiger partial charge in [-0.2, -0.15) is 0 Å². The van der Waals surface area contributed by atoms with E-state index in [-0.39, 0.29) is 19.1 Å². The van der Waals surface area contributed by atoms with E-state index in [1.54, 1.807) is 25.2 Å². The van der Waals surface area contributed by atoms with Crippen LogP contribution in [0.2, 0.25) is 0 Å². The van der Waals surface area contributed by atoms with Gasteiger partial charge in [0.1, 0.15) is 5.75 Å². The largest absolute Gasteiger partial charge is 0.427 e. The van der Waals surface area contributed by atoms with E-state index < -0.39 is 5.97 Å². The lowest BCUT2D eigenvalue weighted by molar-refractivity contribution is -0.131. The molecule has 5 heteroatoms. The second-order valence-corrected chi connectivity index (χ2v) is 3.57. The zero-order chi connectivity index (χ0) is 12.8. The van der Waals surface area contributed by atoms with E-state index in [1.807, 2.05) is 0 Å². The predicted molar refractivity (Wildman–Crippen MR) is 61.8 cm³/mol. The molecule has 0 aliphatic rings. The van der Waals surface area contributed by atoms with Crippen LogP contribution >= 0.6 is 0 Å². The lowest BCUT2D eigenvalue weighted by Gasteiger charge is -2.15. The van der Waals surface area contributed by atoms with Crippen LogP contribution in [0.3, 0.4) is 0 Å². The summed E-state index contributed by atoms with van der Waals surface area (Å²) < 4.78 is 4.89. The number of hydrogen-bond donors (Lipinski definition) is 1. The van der Waals surface area contributed by atoms with Crippen molar-refractivity contribution in [1.82, 2.24) is 4.90 Å². The van der Waals surface area contributed by atoms with E-state index in [1.165, 1.54) is 17.9 Å². The van der Waals surface area contributed by atoms with Crippen LogP contribution in [0.1, 0.15) is 17.3 Å². The molecule has 0 radical (unpaired) electrons. The van der Waals surface area contributed by atoms with Crippen molar-refractivity contribution < 1.29 is 19.4 Å². The van der Waals surface area contributed by atoms with Crippen LogP contribution in [-0.4, -0.2) is 42.1 Å². The molecule has 0 bridgehead atoms. The monoisotopic (exact) mass is 237 g/mol. The van der Waals surface area contributed by atoms with Gasteiger partial charge in [0.15, 0.2) is 0 Å². The molecule has 0 saturated carbocycles. The van der Waals surface area contributed by atoms with Gasteiger partial charge in [-0.15, -0.1) is 0 Å². The number of esters is 1. The third kappa shape index (κ3) is 3.88. The molecule has 17 heavy (non-hydrogen) atoms. The summed E-state index contributed by atoms with van der Waals surface area (Å²) >= 11 is 0. The van der Waals surface area contributed by atoms with Gasteiger partial charge in [-0.1, -0.05) is 6.07 Å². The molecule has 0 spiro atoms. The Bertz CT molecular complexity index is 417. The van der Waals surface area contributed by atoms with Crippen LogP contribution in [0, 0.1) is 0 Å². The number of amides is 1. The SMILES string of the molecule is CC(=O)Oc1cccc(C(=O)N(C)CCO)c1. The van der Waals surface area contributed by atoms with Crippen LogP contribution in [-0.2, 0) is 4.79 Å². The Kier molecular flexibility index (Phi) is 4.66. The van der Waals surface area contributed by atoms with Crippen molar-refractivity contribution in [2.75, 3.05) is 20.2 Å². The van der Waals surface area contributed by atoms with Crippen molar-refractivity contribution in [3.8, 4) is 5.75 Å². The molecule has 0 atom stereocenters. The minimum absolute atomic E-state index is 0.0914. The maximum Gasteiger partial charge on any atom is 0.308 e. The Morgan fingerprint density at radius 3 is 2.71 bits per heavy atom. The predicted octanol–water partition coefficient (Wildman–Crippen LogP) is 0.676. The van der Waals surface area contributed by atoms with E-state index in [0.717, 1.165) is 0 Å². The first-order valence-electron chi connectivity index (χ1n) is 5.19. The molecule has 0 aliphatic carbocycles. The van der Waals surface area contributed by atoms with Crippen LogP contribution < -0.4 is 4.74 Å². The third-order valence-corrected chi connectivity index (χ3v) is 2.12. The quantitative estimate of drug-likeness (QED) is 0.617. The van der Waals surface area contributed by atoms with Gasteiger partial charge in [-0.05, 0) is 18.2 Å². The molecule has 0 fully saturated rings. The fourth-order valence-electron chi connectivity index (χ4n) is 1.33. The standard InChI is InChI=1S/C12H15NO4/c1-9(15)17-11-5-3-4-10(8-11)12(16)13(2)6-7-14/h3-5,8,14H,6-7H2,1-2H3. The summed E-state index contributed by atoms with van der Waals surface area (Å²) in [5.74, 6) is -0.327. The number of carbonyl (C=O) groups excluding carboxylic acids is 2. The zero-order valence-corrected chi connectivity index (χ0v) is 9.84. The Labute approximate surface area is 99.6 Å². The van der Waals surface area contributed by atoms with Crippen molar-refractivity contribution in [2.24, 2.45) is 0 Å². The average molecular weight is 237 g/mol. The highest BCUT2D eigenvalue weighted by Crippen LogP contribution is 2.14. The van der Waals surface area contributed by atoms with Crippen LogP contribution in [0.4, 0.5) is 0 Å². The molecular weight excluding hydrogens is 222 g/mol. The Hall–Kier alpha value is -1.88. The zero-order valence-electron chi connectivity index (χ0n) is 9.84. The number of aliphatic hydroxyl groups excluding tert-OH is 1. The number of hydrogen-bond acceptors (Lipinski definition) is 4. The fraction of sp³-hybridized carbons (Fsp3) is 0.333. The normalized spacial score (nSPS) is 9.82. The van der Waals surface area contributed by atoms with Gasteiger partial charge >= 0.3 is 5.97 Å². The second-order valence-electron chi connectivity index (χ2n) is 3.57. The molecule has 92 valence electrons. The molecule has 0 saturated heterocycles. The smallest absolute Gasteiger partial charge is 0.308 e. The van der Waals surface area contributed by atoms with Crippen molar-refractivity contribution in [2.45, 2.75) is 6.92 Å². The van der Waals surface area contributed by atoms with Gasteiger partial charge in [0.25, 0.3) is 5.91 Å². The summed E-state index contributed by atoms with van der Waals surface area (Å²) in [6, 6.07) is 6.36. The molecule has 0 aromatic heterocycles. The van der Waals surface area contributed by atoms with E-state index in [2.05, 4.69) is 0 Å². The van der Waals surface area contributed by atoms with Gasteiger partial charge in [-0.25, -0.2) is 0 Å². The first-order valence-corrected chi connectivity index (χ1v) is 5.19. The highest BCUT2D eigenvalue weighted by atomic mass is 16.5.